The molecule has 0 aliphatic heterocycles. The van der Waals surface area contributed by atoms with E-state index in [1.54, 1.807) is 0 Å². The van der Waals surface area contributed by atoms with Crippen LogP contribution in [-0.4, -0.2) is 15.8 Å². The molecule has 1 rings (SSSR count). The summed E-state index contributed by atoms with van der Waals surface area (Å²) in [4.78, 5) is 11.2. The predicted molar refractivity (Wildman–Crippen MR) is 60.0 cm³/mol. The Morgan fingerprint density at radius 2 is 1.94 bits per heavy atom. The van der Waals surface area contributed by atoms with Crippen LogP contribution in [0.4, 0.5) is 13.2 Å². The van der Waals surface area contributed by atoms with Crippen molar-refractivity contribution in [1.82, 2.24) is 4.57 Å². The van der Waals surface area contributed by atoms with E-state index in [0.29, 0.717) is 0 Å². The number of alkyl halides is 4. The maximum Gasteiger partial charge on any atom is 0.410 e. The number of aromatic hydroxyl groups is 1. The third-order valence-electron chi connectivity index (χ3n) is 2.23. The van der Waals surface area contributed by atoms with Crippen molar-refractivity contribution in [3.05, 3.63) is 27.7 Å². The predicted octanol–water partition coefficient (Wildman–Crippen LogP) is 2.66. The van der Waals surface area contributed by atoms with Gasteiger partial charge in [0, 0.05) is 18.8 Å². The molecule has 1 atom stereocenters. The van der Waals surface area contributed by atoms with Crippen molar-refractivity contribution < 1.29 is 18.3 Å². The Labute approximate surface area is 106 Å². The van der Waals surface area contributed by atoms with Gasteiger partial charge in [0.15, 0.2) is 11.1 Å². The Hall–Kier alpha value is -0.880. The zero-order chi connectivity index (χ0) is 12.7. The molecule has 0 aromatic carbocycles. The third kappa shape index (κ3) is 3.07. The summed E-state index contributed by atoms with van der Waals surface area (Å²) in [5.74, 6) is -0.967. The van der Waals surface area contributed by atoms with E-state index in [1.165, 1.54) is 14.0 Å². The number of aromatic nitrogens is 1. The van der Waals surface area contributed by atoms with E-state index in [4.69, 9.17) is 11.6 Å². The van der Waals surface area contributed by atoms with E-state index in [2.05, 4.69) is 0 Å². The summed E-state index contributed by atoms with van der Waals surface area (Å²) in [5, 5.41) is 6.91. The van der Waals surface area contributed by atoms with Crippen LogP contribution >= 0.6 is 24.0 Å². The average Bonchev–Trinajstić information content (AvgIpc) is 2.13. The molecule has 0 radical (unpaired) electrons. The minimum atomic E-state index is -4.73. The molecule has 3 nitrogen and oxygen atoms in total. The molecule has 1 aromatic rings. The topological polar surface area (TPSA) is 42.2 Å². The van der Waals surface area contributed by atoms with Crippen LogP contribution in [0.1, 0.15) is 16.8 Å². The Balaban J connectivity index is 0.00000256. The Morgan fingerprint density at radius 1 is 1.47 bits per heavy atom. The third-order valence-corrected chi connectivity index (χ3v) is 2.69. The molecule has 1 N–H and O–H groups in total. The molecular weight excluding hydrogens is 282 g/mol. The monoisotopic (exact) mass is 291 g/mol. The van der Waals surface area contributed by atoms with Gasteiger partial charge in [0.1, 0.15) is 0 Å². The number of hydrogen-bond donors (Lipinski definition) is 1. The molecule has 1 unspecified atom stereocenters. The van der Waals surface area contributed by atoms with Crippen molar-refractivity contribution >= 4 is 24.0 Å². The number of hydrogen-bond acceptors (Lipinski definition) is 2. The van der Waals surface area contributed by atoms with E-state index < -0.39 is 28.4 Å². The second-order valence-corrected chi connectivity index (χ2v) is 3.78. The summed E-state index contributed by atoms with van der Waals surface area (Å²) < 4.78 is 38.2. The highest BCUT2D eigenvalue weighted by molar-refractivity contribution is 6.21. The van der Waals surface area contributed by atoms with Crippen molar-refractivity contribution in [2.75, 3.05) is 0 Å². The van der Waals surface area contributed by atoms with Gasteiger partial charge >= 0.3 is 6.18 Å². The van der Waals surface area contributed by atoms with Crippen LogP contribution in [0.2, 0.25) is 0 Å². The molecule has 0 aliphatic rings. The molecule has 1 aromatic heterocycles. The summed E-state index contributed by atoms with van der Waals surface area (Å²) in [5.41, 5.74) is -1.23. The van der Waals surface area contributed by atoms with E-state index in [1.807, 2.05) is 0 Å². The van der Waals surface area contributed by atoms with Crippen LogP contribution in [0.3, 0.4) is 0 Å². The molecular formula is C9H10Cl2F3NO2. The van der Waals surface area contributed by atoms with Gasteiger partial charge in [-0.1, -0.05) is 0 Å². The van der Waals surface area contributed by atoms with Gasteiger partial charge < -0.3 is 9.67 Å². The molecule has 17 heavy (non-hydrogen) atoms. The largest absolute Gasteiger partial charge is 0.503 e. The van der Waals surface area contributed by atoms with E-state index in [9.17, 15) is 23.1 Å². The highest BCUT2D eigenvalue weighted by Crippen LogP contribution is 2.40. The SMILES string of the molecule is Cc1cc(=O)c(O)c(C(Cl)C(F)(F)F)n1C.Cl. The molecule has 0 saturated heterocycles. The molecule has 1 heterocycles. The number of aryl methyl sites for hydroxylation is 1. The molecule has 0 saturated carbocycles. The summed E-state index contributed by atoms with van der Waals surface area (Å²) >= 11 is 5.19. The summed E-state index contributed by atoms with van der Waals surface area (Å²) in [6.45, 7) is 1.45. The van der Waals surface area contributed by atoms with Crippen molar-refractivity contribution in [1.29, 1.82) is 0 Å². The summed E-state index contributed by atoms with van der Waals surface area (Å²) in [7, 11) is 1.30. The zero-order valence-corrected chi connectivity index (χ0v) is 10.4. The number of halogens is 5. The van der Waals surface area contributed by atoms with E-state index in [0.717, 1.165) is 10.6 Å². The maximum atomic E-state index is 12.4. The van der Waals surface area contributed by atoms with Crippen LogP contribution in [0.15, 0.2) is 10.9 Å². The van der Waals surface area contributed by atoms with Crippen LogP contribution < -0.4 is 5.43 Å². The van der Waals surface area contributed by atoms with Crippen LogP contribution in [0.25, 0.3) is 0 Å². The minimum absolute atomic E-state index is 0. The van der Waals surface area contributed by atoms with Gasteiger partial charge in [0.2, 0.25) is 5.43 Å². The van der Waals surface area contributed by atoms with E-state index >= 15 is 0 Å². The van der Waals surface area contributed by atoms with E-state index in [-0.39, 0.29) is 18.1 Å². The summed E-state index contributed by atoms with van der Waals surface area (Å²) in [6.07, 6.45) is -4.73. The second-order valence-electron chi connectivity index (χ2n) is 3.35. The lowest BCUT2D eigenvalue weighted by atomic mass is 10.2. The molecule has 8 heteroatoms. The van der Waals surface area contributed by atoms with Gasteiger partial charge in [-0.2, -0.15) is 13.2 Å². The maximum absolute atomic E-state index is 12.4. The lowest BCUT2D eigenvalue weighted by molar-refractivity contribution is -0.133. The lowest BCUT2D eigenvalue weighted by Gasteiger charge is -2.19. The van der Waals surface area contributed by atoms with Gasteiger partial charge in [0.25, 0.3) is 0 Å². The standard InChI is InChI=1S/C9H9ClF3NO2.ClH/c1-4-3-5(15)7(16)6(14(4)2)8(10)9(11,12)13;/h3,8,16H,1-2H3;1H. The van der Waals surface area contributed by atoms with Gasteiger partial charge in [-0.25, -0.2) is 0 Å². The van der Waals surface area contributed by atoms with Gasteiger partial charge in [-0.3, -0.25) is 4.79 Å². The first-order valence-electron chi connectivity index (χ1n) is 4.26. The Bertz CT molecular complexity index is 471. The average molecular weight is 292 g/mol. The van der Waals surface area contributed by atoms with Crippen LogP contribution in [0.5, 0.6) is 5.75 Å². The van der Waals surface area contributed by atoms with Crippen molar-refractivity contribution in [2.45, 2.75) is 18.5 Å². The Morgan fingerprint density at radius 3 is 2.35 bits per heavy atom. The highest BCUT2D eigenvalue weighted by atomic mass is 35.5. The second kappa shape index (κ2) is 5.18. The quantitative estimate of drug-likeness (QED) is 0.809. The number of nitrogens with zero attached hydrogens (tertiary/aromatic N) is 1. The summed E-state index contributed by atoms with van der Waals surface area (Å²) in [6, 6.07) is 1.04. The van der Waals surface area contributed by atoms with Crippen LogP contribution in [-0.2, 0) is 7.05 Å². The van der Waals surface area contributed by atoms with Crippen molar-refractivity contribution in [3.8, 4) is 5.75 Å². The van der Waals surface area contributed by atoms with Crippen LogP contribution in [0, 0.1) is 6.92 Å². The fourth-order valence-electron chi connectivity index (χ4n) is 1.28. The lowest BCUT2D eigenvalue weighted by Crippen LogP contribution is -2.23. The molecule has 0 aliphatic carbocycles. The van der Waals surface area contributed by atoms with Crippen molar-refractivity contribution in [3.63, 3.8) is 0 Å². The Kier molecular flexibility index (Phi) is 4.91. The smallest absolute Gasteiger partial charge is 0.410 e. The first-order valence-corrected chi connectivity index (χ1v) is 4.70. The highest BCUT2D eigenvalue weighted by Gasteiger charge is 2.42. The van der Waals surface area contributed by atoms with Crippen molar-refractivity contribution in [2.24, 2.45) is 7.05 Å². The first-order chi connectivity index (χ1) is 7.16. The zero-order valence-electron chi connectivity index (χ0n) is 8.88. The fourth-order valence-corrected chi connectivity index (χ4v) is 1.52. The van der Waals surface area contributed by atoms with Gasteiger partial charge in [-0.05, 0) is 6.92 Å². The number of rotatable bonds is 1. The number of pyridine rings is 1. The normalized spacial score (nSPS) is 13.1. The minimum Gasteiger partial charge on any atom is -0.503 e. The van der Waals surface area contributed by atoms with Gasteiger partial charge in [-0.15, -0.1) is 24.0 Å². The fraction of sp³-hybridized carbons (Fsp3) is 0.444. The van der Waals surface area contributed by atoms with Gasteiger partial charge in [0.05, 0.1) is 5.69 Å². The molecule has 0 bridgehead atoms. The first kappa shape index (κ1) is 16.1. The molecule has 0 spiro atoms. The molecule has 98 valence electrons. The molecule has 0 fully saturated rings. The molecule has 0 amide bonds.